The van der Waals surface area contributed by atoms with Crippen molar-refractivity contribution in [2.45, 2.75) is 67.2 Å². The lowest BCUT2D eigenvalue weighted by atomic mass is 9.88. The first kappa shape index (κ1) is 22.1. The maximum Gasteiger partial charge on any atom is 0.182 e. The zero-order valence-electron chi connectivity index (χ0n) is 18.4. The minimum absolute atomic E-state index is 0.0494. The molecule has 0 saturated carbocycles. The van der Waals surface area contributed by atoms with Crippen LogP contribution in [0.2, 0.25) is 0 Å². The van der Waals surface area contributed by atoms with Gasteiger partial charge in [0.15, 0.2) is 11.6 Å². The van der Waals surface area contributed by atoms with Gasteiger partial charge in [-0.15, -0.1) is 0 Å². The number of aromatic nitrogens is 2. The Kier molecular flexibility index (Phi) is 6.63. The Morgan fingerprint density at radius 3 is 2.00 bits per heavy atom. The SMILES string of the molecule is Cn1cc(C(=O)CCC(C)(C)C)nc1-c1ccccc1C(=O)CCC(C)(C)C. The molecule has 0 unspecified atom stereocenters. The average Bonchev–Trinajstić information content (AvgIpc) is 2.98. The molecule has 28 heavy (non-hydrogen) atoms. The van der Waals surface area contributed by atoms with Crippen LogP contribution in [0.15, 0.2) is 30.5 Å². The number of rotatable bonds is 7. The Morgan fingerprint density at radius 2 is 1.43 bits per heavy atom. The minimum atomic E-state index is 0.0494. The molecule has 0 atom stereocenters. The number of aryl methyl sites for hydroxylation is 1. The van der Waals surface area contributed by atoms with Crippen LogP contribution in [-0.2, 0) is 7.05 Å². The van der Waals surface area contributed by atoms with Gasteiger partial charge in [-0.25, -0.2) is 4.98 Å². The van der Waals surface area contributed by atoms with E-state index in [2.05, 4.69) is 46.5 Å². The van der Waals surface area contributed by atoms with E-state index < -0.39 is 0 Å². The molecular formula is C24H34N2O2. The summed E-state index contributed by atoms with van der Waals surface area (Å²) in [5, 5.41) is 0. The summed E-state index contributed by atoms with van der Waals surface area (Å²) in [6.07, 6.45) is 4.40. The van der Waals surface area contributed by atoms with Crippen LogP contribution in [0.5, 0.6) is 0 Å². The van der Waals surface area contributed by atoms with Crippen LogP contribution in [0.25, 0.3) is 11.4 Å². The van der Waals surface area contributed by atoms with Gasteiger partial charge in [0.05, 0.1) is 0 Å². The molecule has 0 aliphatic rings. The summed E-state index contributed by atoms with van der Waals surface area (Å²) >= 11 is 0. The van der Waals surface area contributed by atoms with Crippen LogP contribution in [0.4, 0.5) is 0 Å². The molecule has 0 aliphatic carbocycles. The second-order valence-corrected chi connectivity index (χ2v) is 10.1. The Labute approximate surface area is 169 Å². The highest BCUT2D eigenvalue weighted by atomic mass is 16.1. The molecule has 2 rings (SSSR count). The van der Waals surface area contributed by atoms with Crippen molar-refractivity contribution in [2.75, 3.05) is 0 Å². The second-order valence-electron chi connectivity index (χ2n) is 10.1. The molecule has 1 aromatic carbocycles. The number of imidazole rings is 1. The number of ketones is 2. The van der Waals surface area contributed by atoms with Crippen molar-refractivity contribution in [3.05, 3.63) is 41.7 Å². The fraction of sp³-hybridized carbons (Fsp3) is 0.542. The van der Waals surface area contributed by atoms with E-state index in [0.29, 0.717) is 29.9 Å². The van der Waals surface area contributed by atoms with Gasteiger partial charge in [0, 0.05) is 37.2 Å². The van der Waals surface area contributed by atoms with Crippen LogP contribution >= 0.6 is 0 Å². The van der Waals surface area contributed by atoms with Crippen molar-refractivity contribution in [3.63, 3.8) is 0 Å². The van der Waals surface area contributed by atoms with Crippen molar-refractivity contribution in [2.24, 2.45) is 17.9 Å². The minimum Gasteiger partial charge on any atom is -0.333 e. The molecule has 0 radical (unpaired) electrons. The van der Waals surface area contributed by atoms with E-state index in [9.17, 15) is 9.59 Å². The van der Waals surface area contributed by atoms with Gasteiger partial charge in [0.25, 0.3) is 0 Å². The average molecular weight is 383 g/mol. The number of nitrogens with zero attached hydrogens (tertiary/aromatic N) is 2. The summed E-state index contributed by atoms with van der Waals surface area (Å²) < 4.78 is 1.85. The molecule has 1 aromatic heterocycles. The molecule has 152 valence electrons. The Balaban J connectivity index is 2.28. The molecule has 0 saturated heterocycles. The smallest absolute Gasteiger partial charge is 0.182 e. The highest BCUT2D eigenvalue weighted by molar-refractivity contribution is 6.02. The fourth-order valence-corrected chi connectivity index (χ4v) is 3.01. The molecule has 0 fully saturated rings. The highest BCUT2D eigenvalue weighted by Gasteiger charge is 2.21. The summed E-state index contributed by atoms with van der Waals surface area (Å²) in [6.45, 7) is 12.8. The van der Waals surface area contributed by atoms with Gasteiger partial charge >= 0.3 is 0 Å². The summed E-state index contributed by atoms with van der Waals surface area (Å²) in [7, 11) is 1.87. The predicted molar refractivity (Wildman–Crippen MR) is 115 cm³/mol. The Morgan fingerprint density at radius 1 is 0.893 bits per heavy atom. The first-order chi connectivity index (χ1) is 12.9. The van der Waals surface area contributed by atoms with Gasteiger partial charge in [-0.3, -0.25) is 9.59 Å². The third-order valence-electron chi connectivity index (χ3n) is 4.83. The molecule has 4 nitrogen and oxygen atoms in total. The number of hydrogen-bond acceptors (Lipinski definition) is 3. The largest absolute Gasteiger partial charge is 0.333 e. The number of carbonyl (C=O) groups excluding carboxylic acids is 2. The lowest BCUT2D eigenvalue weighted by Gasteiger charge is -2.17. The predicted octanol–water partition coefficient (Wildman–Crippen LogP) is 6.11. The number of hydrogen-bond donors (Lipinski definition) is 0. The highest BCUT2D eigenvalue weighted by Crippen LogP contribution is 2.28. The molecule has 1 heterocycles. The summed E-state index contributed by atoms with van der Waals surface area (Å²) in [6, 6.07) is 7.56. The van der Waals surface area contributed by atoms with Crippen LogP contribution in [0.3, 0.4) is 0 Å². The molecule has 0 aliphatic heterocycles. The molecule has 0 bridgehead atoms. The second kappa shape index (κ2) is 8.42. The monoisotopic (exact) mass is 382 g/mol. The van der Waals surface area contributed by atoms with Crippen molar-refractivity contribution < 1.29 is 9.59 Å². The fourth-order valence-electron chi connectivity index (χ4n) is 3.01. The van der Waals surface area contributed by atoms with E-state index in [-0.39, 0.29) is 22.4 Å². The standard InChI is InChI=1S/C24H34N2O2/c1-23(2,3)14-12-20(27)17-10-8-9-11-18(17)22-25-19(16-26(22)7)21(28)13-15-24(4,5)6/h8-11,16H,12-15H2,1-7H3. The third-order valence-corrected chi connectivity index (χ3v) is 4.83. The molecular weight excluding hydrogens is 348 g/mol. The summed E-state index contributed by atoms with van der Waals surface area (Å²) in [5.41, 5.74) is 2.16. The van der Waals surface area contributed by atoms with Gasteiger partial charge < -0.3 is 4.57 Å². The van der Waals surface area contributed by atoms with E-state index in [1.165, 1.54) is 0 Å². The zero-order valence-corrected chi connectivity index (χ0v) is 18.4. The topological polar surface area (TPSA) is 52.0 Å². The molecule has 4 heteroatoms. The Hall–Kier alpha value is -2.23. The van der Waals surface area contributed by atoms with Crippen LogP contribution in [0, 0.1) is 10.8 Å². The number of carbonyl (C=O) groups is 2. The quantitative estimate of drug-likeness (QED) is 0.543. The molecule has 0 amide bonds. The van der Waals surface area contributed by atoms with E-state index >= 15 is 0 Å². The lowest BCUT2D eigenvalue weighted by molar-refractivity contribution is 0.0957. The third kappa shape index (κ3) is 6.15. The van der Waals surface area contributed by atoms with Crippen LogP contribution in [-0.4, -0.2) is 21.1 Å². The molecule has 0 N–H and O–H groups in total. The number of benzene rings is 1. The normalized spacial score (nSPS) is 12.2. The maximum absolute atomic E-state index is 12.8. The first-order valence-electron chi connectivity index (χ1n) is 10.1. The van der Waals surface area contributed by atoms with Crippen molar-refractivity contribution >= 4 is 11.6 Å². The van der Waals surface area contributed by atoms with Gasteiger partial charge in [-0.2, -0.15) is 0 Å². The van der Waals surface area contributed by atoms with Crippen molar-refractivity contribution in [3.8, 4) is 11.4 Å². The van der Waals surface area contributed by atoms with E-state index in [1.54, 1.807) is 6.20 Å². The summed E-state index contributed by atoms with van der Waals surface area (Å²) in [5.74, 6) is 0.835. The van der Waals surface area contributed by atoms with Crippen molar-refractivity contribution in [1.29, 1.82) is 0 Å². The Bertz CT molecular complexity index is 848. The lowest BCUT2D eigenvalue weighted by Crippen LogP contribution is -2.10. The van der Waals surface area contributed by atoms with Gasteiger partial charge in [0.2, 0.25) is 0 Å². The maximum atomic E-state index is 12.8. The summed E-state index contributed by atoms with van der Waals surface area (Å²) in [4.78, 5) is 30.0. The van der Waals surface area contributed by atoms with Gasteiger partial charge in [-0.05, 0) is 23.7 Å². The van der Waals surface area contributed by atoms with Gasteiger partial charge in [0.1, 0.15) is 11.5 Å². The van der Waals surface area contributed by atoms with E-state index in [4.69, 9.17) is 0 Å². The van der Waals surface area contributed by atoms with E-state index in [1.807, 2.05) is 35.9 Å². The van der Waals surface area contributed by atoms with Gasteiger partial charge in [-0.1, -0.05) is 65.8 Å². The number of Topliss-reactive ketones (excluding diaryl/α,β-unsaturated/α-hetero) is 2. The molecule has 2 aromatic rings. The van der Waals surface area contributed by atoms with Crippen LogP contribution < -0.4 is 0 Å². The molecule has 0 spiro atoms. The first-order valence-corrected chi connectivity index (χ1v) is 10.1. The van der Waals surface area contributed by atoms with Crippen LogP contribution in [0.1, 0.15) is 88.1 Å². The zero-order chi connectivity index (χ0) is 21.1. The van der Waals surface area contributed by atoms with E-state index in [0.717, 1.165) is 18.4 Å². The van der Waals surface area contributed by atoms with Crippen molar-refractivity contribution in [1.82, 2.24) is 9.55 Å².